The lowest BCUT2D eigenvalue weighted by Crippen LogP contribution is -2.66. The molecule has 21 heavy (non-hydrogen) atoms. The topological polar surface area (TPSA) is 15.3 Å². The maximum Gasteiger partial charge on any atom is 0.137 e. The molecular weight excluding hydrogens is 331 g/mol. The molecule has 1 aliphatic heterocycles. The van der Waals surface area contributed by atoms with Crippen molar-refractivity contribution in [2.45, 2.75) is 57.2 Å². The third kappa shape index (κ3) is 3.03. The second-order valence-corrected chi connectivity index (χ2v) is 8.02. The van der Waals surface area contributed by atoms with E-state index in [9.17, 15) is 4.39 Å². The average molecular weight is 355 g/mol. The SMILES string of the molecule is CC1(C)CNC2(CCCC2)CN1Cc1cccc(F)c1Br. The number of rotatable bonds is 2. The van der Waals surface area contributed by atoms with Crippen LogP contribution in [0.4, 0.5) is 4.39 Å². The highest BCUT2D eigenvalue weighted by Crippen LogP contribution is 2.37. The molecule has 1 heterocycles. The van der Waals surface area contributed by atoms with Gasteiger partial charge in [-0.15, -0.1) is 0 Å². The molecule has 0 radical (unpaired) electrons. The maximum atomic E-state index is 13.7. The molecule has 0 aromatic heterocycles. The van der Waals surface area contributed by atoms with Gasteiger partial charge in [-0.1, -0.05) is 25.0 Å². The van der Waals surface area contributed by atoms with Crippen molar-refractivity contribution in [1.82, 2.24) is 10.2 Å². The minimum atomic E-state index is -0.170. The normalized spacial score (nSPS) is 24.6. The lowest BCUT2D eigenvalue weighted by Gasteiger charge is -2.51. The van der Waals surface area contributed by atoms with E-state index in [1.165, 1.54) is 31.7 Å². The van der Waals surface area contributed by atoms with Gasteiger partial charge in [-0.05, 0) is 54.2 Å². The van der Waals surface area contributed by atoms with E-state index in [0.717, 1.165) is 25.2 Å². The Labute approximate surface area is 135 Å². The summed E-state index contributed by atoms with van der Waals surface area (Å²) >= 11 is 3.40. The summed E-state index contributed by atoms with van der Waals surface area (Å²) in [6.07, 6.45) is 5.18. The van der Waals surface area contributed by atoms with E-state index in [-0.39, 0.29) is 16.9 Å². The first kappa shape index (κ1) is 15.4. The van der Waals surface area contributed by atoms with Gasteiger partial charge in [0.15, 0.2) is 0 Å². The summed E-state index contributed by atoms with van der Waals surface area (Å²) in [7, 11) is 0. The van der Waals surface area contributed by atoms with Crippen molar-refractivity contribution in [3.05, 3.63) is 34.1 Å². The molecule has 2 aliphatic rings. The molecule has 0 unspecified atom stereocenters. The van der Waals surface area contributed by atoms with Gasteiger partial charge in [-0.25, -0.2) is 4.39 Å². The smallest absolute Gasteiger partial charge is 0.137 e. The van der Waals surface area contributed by atoms with Gasteiger partial charge in [0.2, 0.25) is 0 Å². The lowest BCUT2D eigenvalue weighted by molar-refractivity contribution is 0.0215. The molecule has 116 valence electrons. The molecule has 3 rings (SSSR count). The molecule has 0 bridgehead atoms. The third-order valence-electron chi connectivity index (χ3n) is 5.20. The second kappa shape index (κ2) is 5.64. The van der Waals surface area contributed by atoms with Crippen LogP contribution in [0, 0.1) is 5.82 Å². The van der Waals surface area contributed by atoms with Crippen LogP contribution in [0.25, 0.3) is 0 Å². The summed E-state index contributed by atoms with van der Waals surface area (Å²) in [6, 6.07) is 5.33. The van der Waals surface area contributed by atoms with Crippen LogP contribution in [-0.2, 0) is 6.54 Å². The number of benzene rings is 1. The number of hydrogen-bond acceptors (Lipinski definition) is 2. The summed E-state index contributed by atoms with van der Waals surface area (Å²) in [6.45, 7) is 7.40. The minimum absolute atomic E-state index is 0.0968. The second-order valence-electron chi connectivity index (χ2n) is 7.22. The molecule has 1 saturated heterocycles. The average Bonchev–Trinajstić information content (AvgIpc) is 2.89. The van der Waals surface area contributed by atoms with Crippen LogP contribution in [-0.4, -0.2) is 29.1 Å². The van der Waals surface area contributed by atoms with Gasteiger partial charge >= 0.3 is 0 Å². The van der Waals surface area contributed by atoms with Crippen molar-refractivity contribution in [3.8, 4) is 0 Å². The first-order valence-electron chi connectivity index (χ1n) is 7.85. The Morgan fingerprint density at radius 1 is 1.29 bits per heavy atom. The first-order chi connectivity index (χ1) is 9.92. The van der Waals surface area contributed by atoms with E-state index in [1.54, 1.807) is 6.07 Å². The molecule has 2 fully saturated rings. The third-order valence-corrected chi connectivity index (χ3v) is 6.09. The largest absolute Gasteiger partial charge is 0.308 e. The van der Waals surface area contributed by atoms with E-state index in [2.05, 4.69) is 40.0 Å². The Bertz CT molecular complexity index is 524. The predicted octanol–water partition coefficient (Wildman–Crippen LogP) is 4.08. The molecule has 4 heteroatoms. The monoisotopic (exact) mass is 354 g/mol. The number of piperazine rings is 1. The Balaban J connectivity index is 1.82. The molecule has 1 saturated carbocycles. The Morgan fingerprint density at radius 3 is 2.71 bits per heavy atom. The fourth-order valence-corrected chi connectivity index (χ4v) is 4.07. The minimum Gasteiger partial charge on any atom is -0.308 e. The summed E-state index contributed by atoms with van der Waals surface area (Å²) < 4.78 is 14.4. The molecule has 1 aliphatic carbocycles. The van der Waals surface area contributed by atoms with Crippen molar-refractivity contribution < 1.29 is 4.39 Å². The van der Waals surface area contributed by atoms with Gasteiger partial charge in [-0.2, -0.15) is 0 Å². The van der Waals surface area contributed by atoms with E-state index >= 15 is 0 Å². The zero-order valence-electron chi connectivity index (χ0n) is 12.9. The van der Waals surface area contributed by atoms with E-state index in [4.69, 9.17) is 0 Å². The first-order valence-corrected chi connectivity index (χ1v) is 8.64. The summed E-state index contributed by atoms with van der Waals surface area (Å²) in [5.74, 6) is -0.170. The summed E-state index contributed by atoms with van der Waals surface area (Å²) in [5, 5.41) is 3.80. The fraction of sp³-hybridized carbons (Fsp3) is 0.647. The Morgan fingerprint density at radius 2 is 2.00 bits per heavy atom. The maximum absolute atomic E-state index is 13.7. The van der Waals surface area contributed by atoms with Crippen LogP contribution in [0.3, 0.4) is 0 Å². The standard InChI is InChI=1S/C17H24BrFN2/c1-16(2)11-20-17(8-3-4-9-17)12-21(16)10-13-6-5-7-14(19)15(13)18/h5-7,20H,3-4,8-12H2,1-2H3. The molecule has 0 amide bonds. The van der Waals surface area contributed by atoms with Gasteiger partial charge < -0.3 is 5.32 Å². The van der Waals surface area contributed by atoms with Crippen molar-refractivity contribution in [1.29, 1.82) is 0 Å². The number of nitrogens with one attached hydrogen (secondary N) is 1. The van der Waals surface area contributed by atoms with Crippen molar-refractivity contribution in [2.75, 3.05) is 13.1 Å². The molecule has 1 aromatic carbocycles. The highest BCUT2D eigenvalue weighted by molar-refractivity contribution is 9.10. The fourth-order valence-electron chi connectivity index (χ4n) is 3.68. The van der Waals surface area contributed by atoms with Crippen LogP contribution in [0.15, 0.2) is 22.7 Å². The quantitative estimate of drug-likeness (QED) is 0.860. The summed E-state index contributed by atoms with van der Waals surface area (Å²) in [4.78, 5) is 2.52. The molecular formula is C17H24BrFN2. The Hall–Kier alpha value is -0.450. The van der Waals surface area contributed by atoms with Crippen molar-refractivity contribution in [2.24, 2.45) is 0 Å². The van der Waals surface area contributed by atoms with E-state index in [0.29, 0.717) is 4.47 Å². The van der Waals surface area contributed by atoms with Crippen LogP contribution < -0.4 is 5.32 Å². The predicted molar refractivity (Wildman–Crippen MR) is 87.8 cm³/mol. The Kier molecular flexibility index (Phi) is 4.15. The zero-order chi connectivity index (χ0) is 15.1. The van der Waals surface area contributed by atoms with Gasteiger partial charge in [0.1, 0.15) is 5.82 Å². The molecule has 1 aromatic rings. The van der Waals surface area contributed by atoms with E-state index < -0.39 is 0 Å². The van der Waals surface area contributed by atoms with Crippen molar-refractivity contribution in [3.63, 3.8) is 0 Å². The number of nitrogens with zero attached hydrogens (tertiary/aromatic N) is 1. The van der Waals surface area contributed by atoms with Crippen LogP contribution >= 0.6 is 15.9 Å². The van der Waals surface area contributed by atoms with Crippen molar-refractivity contribution >= 4 is 15.9 Å². The van der Waals surface area contributed by atoms with Crippen LogP contribution in [0.2, 0.25) is 0 Å². The molecule has 0 atom stereocenters. The highest BCUT2D eigenvalue weighted by Gasteiger charge is 2.44. The number of hydrogen-bond donors (Lipinski definition) is 1. The number of halogens is 2. The molecule has 2 nitrogen and oxygen atoms in total. The summed E-state index contributed by atoms with van der Waals surface area (Å²) in [5.41, 5.74) is 1.42. The van der Waals surface area contributed by atoms with E-state index in [1.807, 2.05) is 6.07 Å². The van der Waals surface area contributed by atoms with Gasteiger partial charge in [0.05, 0.1) is 4.47 Å². The van der Waals surface area contributed by atoms with Gasteiger partial charge in [-0.3, -0.25) is 4.90 Å². The van der Waals surface area contributed by atoms with Crippen LogP contribution in [0.5, 0.6) is 0 Å². The highest BCUT2D eigenvalue weighted by atomic mass is 79.9. The van der Waals surface area contributed by atoms with Crippen LogP contribution in [0.1, 0.15) is 45.1 Å². The van der Waals surface area contributed by atoms with Gasteiger partial charge in [0.25, 0.3) is 0 Å². The molecule has 1 N–H and O–H groups in total. The lowest BCUT2D eigenvalue weighted by atomic mass is 9.87. The molecule has 1 spiro atoms. The van der Waals surface area contributed by atoms with Gasteiger partial charge in [0, 0.05) is 30.7 Å². The zero-order valence-corrected chi connectivity index (χ0v) is 14.5.